The van der Waals surface area contributed by atoms with Crippen molar-refractivity contribution in [3.63, 3.8) is 0 Å². The zero-order valence-electron chi connectivity index (χ0n) is 13.0. The highest BCUT2D eigenvalue weighted by Crippen LogP contribution is 2.49. The second kappa shape index (κ2) is 4.81. The number of carbonyl (C=O) groups is 3. The maximum Gasteiger partial charge on any atom is 0.322 e. The van der Waals surface area contributed by atoms with E-state index in [0.29, 0.717) is 13.0 Å². The van der Waals surface area contributed by atoms with Gasteiger partial charge < -0.3 is 10.2 Å². The van der Waals surface area contributed by atoms with Gasteiger partial charge in [-0.3, -0.25) is 14.9 Å². The average Bonchev–Trinajstić information content (AvgIpc) is 3.12. The first-order valence-electron chi connectivity index (χ1n) is 7.97. The van der Waals surface area contributed by atoms with E-state index in [9.17, 15) is 14.4 Å². The number of nitrogens with zero attached hydrogens (tertiary/aromatic N) is 1. The lowest BCUT2D eigenvalue weighted by Gasteiger charge is -2.21. The molecule has 0 radical (unpaired) electrons. The summed E-state index contributed by atoms with van der Waals surface area (Å²) < 4.78 is 0. The Bertz CT molecular complexity index is 717. The highest BCUT2D eigenvalue weighted by Gasteiger charge is 2.54. The van der Waals surface area contributed by atoms with E-state index in [-0.39, 0.29) is 30.2 Å². The first-order valence-corrected chi connectivity index (χ1v) is 7.97. The lowest BCUT2D eigenvalue weighted by atomic mass is 9.99. The monoisotopic (exact) mass is 313 g/mol. The van der Waals surface area contributed by atoms with Gasteiger partial charge in [-0.1, -0.05) is 29.8 Å². The Hall–Kier alpha value is -2.37. The first kappa shape index (κ1) is 14.2. The smallest absolute Gasteiger partial charge is 0.322 e. The Morgan fingerprint density at radius 3 is 2.87 bits per heavy atom. The van der Waals surface area contributed by atoms with Crippen LogP contribution >= 0.6 is 0 Å². The number of rotatable bonds is 2. The molecule has 1 aliphatic carbocycles. The second-order valence-corrected chi connectivity index (χ2v) is 6.86. The molecule has 3 aliphatic rings. The number of likely N-dealkylation sites (tertiary alicyclic amines) is 1. The van der Waals surface area contributed by atoms with Crippen LogP contribution in [0.5, 0.6) is 0 Å². The molecule has 0 unspecified atom stereocenters. The maximum atomic E-state index is 12.7. The van der Waals surface area contributed by atoms with Crippen LogP contribution in [-0.4, -0.2) is 41.4 Å². The van der Waals surface area contributed by atoms with Crippen LogP contribution in [0.25, 0.3) is 0 Å². The molecule has 0 aromatic heterocycles. The third-order valence-corrected chi connectivity index (χ3v) is 5.17. The van der Waals surface area contributed by atoms with Crippen molar-refractivity contribution in [2.45, 2.75) is 31.2 Å². The van der Waals surface area contributed by atoms with Crippen LogP contribution in [0.3, 0.4) is 0 Å². The minimum atomic E-state index is -0.916. The third-order valence-electron chi connectivity index (χ3n) is 5.17. The summed E-state index contributed by atoms with van der Waals surface area (Å²) in [5.74, 6) is 0.0734. The summed E-state index contributed by atoms with van der Waals surface area (Å²) >= 11 is 0. The molecule has 2 aliphatic heterocycles. The quantitative estimate of drug-likeness (QED) is 0.797. The van der Waals surface area contributed by atoms with E-state index in [4.69, 9.17) is 0 Å². The Kier molecular flexibility index (Phi) is 2.98. The number of amides is 4. The van der Waals surface area contributed by atoms with Crippen molar-refractivity contribution in [3.05, 3.63) is 35.4 Å². The Morgan fingerprint density at radius 2 is 2.17 bits per heavy atom. The van der Waals surface area contributed by atoms with Crippen LogP contribution in [0.4, 0.5) is 4.79 Å². The number of imide groups is 1. The molecule has 4 rings (SSSR count). The molecule has 6 heteroatoms. The number of hydrogen-bond donors (Lipinski definition) is 2. The van der Waals surface area contributed by atoms with E-state index in [1.54, 1.807) is 4.90 Å². The third kappa shape index (κ3) is 2.29. The van der Waals surface area contributed by atoms with Gasteiger partial charge in [-0.15, -0.1) is 0 Å². The molecule has 1 saturated carbocycles. The van der Waals surface area contributed by atoms with Crippen molar-refractivity contribution in [3.8, 4) is 0 Å². The molecule has 3 fully saturated rings. The highest BCUT2D eigenvalue weighted by atomic mass is 16.2. The fourth-order valence-electron chi connectivity index (χ4n) is 3.78. The van der Waals surface area contributed by atoms with Gasteiger partial charge in [0.25, 0.3) is 5.91 Å². The molecule has 120 valence electrons. The predicted molar refractivity (Wildman–Crippen MR) is 82.6 cm³/mol. The second-order valence-electron chi connectivity index (χ2n) is 6.86. The number of nitrogens with one attached hydrogen (secondary N) is 2. The Morgan fingerprint density at radius 1 is 1.35 bits per heavy atom. The minimum Gasteiger partial charge on any atom is -0.339 e. The SMILES string of the molecule is Cc1cccc([C@@H]2C[C@@H]2C(=O)N2CC[C@@]3(C2)NC(=O)NC3=O)c1. The predicted octanol–water partition coefficient (Wildman–Crippen LogP) is 0.909. The van der Waals surface area contributed by atoms with E-state index < -0.39 is 11.6 Å². The van der Waals surface area contributed by atoms with Crippen molar-refractivity contribution in [1.82, 2.24) is 15.5 Å². The van der Waals surface area contributed by atoms with Gasteiger partial charge in [0, 0.05) is 12.5 Å². The molecule has 3 atom stereocenters. The van der Waals surface area contributed by atoms with Gasteiger partial charge in [0.2, 0.25) is 5.91 Å². The van der Waals surface area contributed by atoms with Gasteiger partial charge in [-0.05, 0) is 31.2 Å². The molecule has 0 bridgehead atoms. The van der Waals surface area contributed by atoms with Crippen molar-refractivity contribution < 1.29 is 14.4 Å². The van der Waals surface area contributed by atoms with E-state index >= 15 is 0 Å². The van der Waals surface area contributed by atoms with Crippen LogP contribution in [0.1, 0.15) is 29.9 Å². The molecule has 2 saturated heterocycles. The summed E-state index contributed by atoms with van der Waals surface area (Å²) in [6.07, 6.45) is 1.35. The van der Waals surface area contributed by atoms with Crippen LogP contribution in [-0.2, 0) is 9.59 Å². The summed E-state index contributed by atoms with van der Waals surface area (Å²) in [6, 6.07) is 7.81. The maximum absolute atomic E-state index is 12.7. The minimum absolute atomic E-state index is 0.00659. The largest absolute Gasteiger partial charge is 0.339 e. The summed E-state index contributed by atoms with van der Waals surface area (Å²) in [4.78, 5) is 37.7. The fourth-order valence-corrected chi connectivity index (χ4v) is 3.78. The number of aryl methyl sites for hydroxylation is 1. The summed E-state index contributed by atoms with van der Waals surface area (Å²) in [7, 11) is 0. The van der Waals surface area contributed by atoms with Crippen LogP contribution in [0.2, 0.25) is 0 Å². The summed E-state index contributed by atoms with van der Waals surface area (Å²) in [5, 5.41) is 4.95. The van der Waals surface area contributed by atoms with E-state index in [1.165, 1.54) is 11.1 Å². The Labute approximate surface area is 134 Å². The zero-order valence-corrected chi connectivity index (χ0v) is 13.0. The zero-order chi connectivity index (χ0) is 16.2. The average molecular weight is 313 g/mol. The lowest BCUT2D eigenvalue weighted by molar-refractivity contribution is -0.132. The van der Waals surface area contributed by atoms with Crippen molar-refractivity contribution >= 4 is 17.8 Å². The normalized spacial score (nSPS) is 32.1. The van der Waals surface area contributed by atoms with Crippen LogP contribution < -0.4 is 10.6 Å². The first-order chi connectivity index (χ1) is 11.0. The van der Waals surface area contributed by atoms with E-state index in [0.717, 1.165) is 6.42 Å². The van der Waals surface area contributed by atoms with Crippen LogP contribution in [0.15, 0.2) is 24.3 Å². The number of urea groups is 1. The topological polar surface area (TPSA) is 78.5 Å². The Balaban J connectivity index is 1.44. The van der Waals surface area contributed by atoms with Gasteiger partial charge in [0.05, 0.1) is 6.54 Å². The van der Waals surface area contributed by atoms with Gasteiger partial charge >= 0.3 is 6.03 Å². The lowest BCUT2D eigenvalue weighted by Crippen LogP contribution is -2.49. The van der Waals surface area contributed by atoms with Crippen LogP contribution in [0, 0.1) is 12.8 Å². The van der Waals surface area contributed by atoms with E-state index in [1.807, 2.05) is 19.1 Å². The number of hydrogen-bond acceptors (Lipinski definition) is 3. The molecule has 4 amide bonds. The standard InChI is InChI=1S/C17H19N3O3/c1-10-3-2-4-11(7-10)12-8-13(12)14(21)20-6-5-17(9-20)15(22)18-16(23)19-17/h2-4,7,12-13H,5-6,8-9H2,1H3,(H2,18,19,22,23)/t12-,13-,17-/m0/s1. The number of carbonyl (C=O) groups excluding carboxylic acids is 3. The highest BCUT2D eigenvalue weighted by molar-refractivity contribution is 6.07. The molecule has 6 nitrogen and oxygen atoms in total. The molecule has 1 spiro atoms. The van der Waals surface area contributed by atoms with Crippen molar-refractivity contribution in [1.29, 1.82) is 0 Å². The summed E-state index contributed by atoms with van der Waals surface area (Å²) in [5.41, 5.74) is 1.50. The molecule has 2 N–H and O–H groups in total. The number of benzene rings is 1. The molecule has 1 aromatic carbocycles. The van der Waals surface area contributed by atoms with Gasteiger partial charge in [0.1, 0.15) is 5.54 Å². The molecule has 1 aromatic rings. The van der Waals surface area contributed by atoms with Crippen molar-refractivity contribution in [2.24, 2.45) is 5.92 Å². The fraction of sp³-hybridized carbons (Fsp3) is 0.471. The molecular formula is C17H19N3O3. The van der Waals surface area contributed by atoms with E-state index in [2.05, 4.69) is 22.8 Å². The van der Waals surface area contributed by atoms with Gasteiger partial charge in [-0.2, -0.15) is 0 Å². The summed E-state index contributed by atoms with van der Waals surface area (Å²) in [6.45, 7) is 2.85. The van der Waals surface area contributed by atoms with Gasteiger partial charge in [-0.25, -0.2) is 4.79 Å². The molecule has 2 heterocycles. The van der Waals surface area contributed by atoms with Crippen molar-refractivity contribution in [2.75, 3.05) is 13.1 Å². The molecular weight excluding hydrogens is 294 g/mol. The molecule has 23 heavy (non-hydrogen) atoms. The van der Waals surface area contributed by atoms with Gasteiger partial charge in [0.15, 0.2) is 0 Å².